The SMILES string of the molecule is O=C(CN1CC[C@@H](c2sccc2-c2cccnc2)C1)N1CCN(c2ccc(-c3ncccn3)cc2)CC1. The minimum Gasteiger partial charge on any atom is -0.368 e. The number of benzene rings is 1. The summed E-state index contributed by atoms with van der Waals surface area (Å²) in [5, 5.41) is 2.17. The molecule has 7 nitrogen and oxygen atoms in total. The van der Waals surface area contributed by atoms with E-state index in [1.165, 1.54) is 21.7 Å². The Morgan fingerprint density at radius 3 is 2.46 bits per heavy atom. The Labute approximate surface area is 221 Å². The molecule has 1 amide bonds. The van der Waals surface area contributed by atoms with Crippen LogP contribution in [0.4, 0.5) is 5.69 Å². The summed E-state index contributed by atoms with van der Waals surface area (Å²) in [6.07, 6.45) is 8.37. The molecular formula is C29H30N6OS. The summed E-state index contributed by atoms with van der Waals surface area (Å²) in [5.74, 6) is 1.46. The van der Waals surface area contributed by atoms with Crippen molar-refractivity contribution in [3.05, 3.63) is 83.6 Å². The average Bonchev–Trinajstić information content (AvgIpc) is 3.64. The predicted octanol–water partition coefficient (Wildman–Crippen LogP) is 4.41. The summed E-state index contributed by atoms with van der Waals surface area (Å²) >= 11 is 1.83. The molecule has 37 heavy (non-hydrogen) atoms. The molecule has 8 heteroatoms. The summed E-state index contributed by atoms with van der Waals surface area (Å²) in [5.41, 5.74) is 4.65. The van der Waals surface area contributed by atoms with Gasteiger partial charge in [0.1, 0.15) is 0 Å². The van der Waals surface area contributed by atoms with Gasteiger partial charge in [-0.1, -0.05) is 6.07 Å². The van der Waals surface area contributed by atoms with Gasteiger partial charge in [0, 0.05) is 85.1 Å². The monoisotopic (exact) mass is 510 g/mol. The number of anilines is 1. The number of carbonyl (C=O) groups is 1. The maximum absolute atomic E-state index is 13.1. The highest BCUT2D eigenvalue weighted by molar-refractivity contribution is 7.10. The highest BCUT2D eigenvalue weighted by atomic mass is 32.1. The van der Waals surface area contributed by atoms with E-state index in [0.717, 1.165) is 57.1 Å². The van der Waals surface area contributed by atoms with Gasteiger partial charge in [-0.3, -0.25) is 14.7 Å². The number of piperazine rings is 1. The summed E-state index contributed by atoms with van der Waals surface area (Å²) in [6, 6.07) is 16.5. The molecule has 188 valence electrons. The molecule has 0 bridgehead atoms. The maximum Gasteiger partial charge on any atom is 0.236 e. The van der Waals surface area contributed by atoms with Gasteiger partial charge in [0.15, 0.2) is 5.82 Å². The van der Waals surface area contributed by atoms with Crippen LogP contribution >= 0.6 is 11.3 Å². The summed E-state index contributed by atoms with van der Waals surface area (Å²) in [7, 11) is 0. The van der Waals surface area contributed by atoms with Crippen LogP contribution in [0.3, 0.4) is 0 Å². The number of amides is 1. The molecule has 0 radical (unpaired) electrons. The number of carbonyl (C=O) groups excluding carboxylic acids is 1. The average molecular weight is 511 g/mol. The smallest absolute Gasteiger partial charge is 0.236 e. The van der Waals surface area contributed by atoms with Crippen molar-refractivity contribution in [1.29, 1.82) is 0 Å². The Morgan fingerprint density at radius 1 is 0.892 bits per heavy atom. The zero-order chi connectivity index (χ0) is 25.0. The quantitative estimate of drug-likeness (QED) is 0.383. The third kappa shape index (κ3) is 5.26. The van der Waals surface area contributed by atoms with Gasteiger partial charge in [-0.05, 0) is 66.4 Å². The normalized spacial score (nSPS) is 18.3. The molecule has 0 unspecified atom stereocenters. The van der Waals surface area contributed by atoms with Crippen LogP contribution in [0.1, 0.15) is 17.2 Å². The van der Waals surface area contributed by atoms with Crippen LogP contribution < -0.4 is 4.90 Å². The van der Waals surface area contributed by atoms with Crippen LogP contribution in [-0.2, 0) is 4.79 Å². The molecule has 2 aliphatic heterocycles. The van der Waals surface area contributed by atoms with E-state index in [1.807, 2.05) is 40.8 Å². The molecule has 4 aromatic rings. The Hall–Kier alpha value is -3.62. The predicted molar refractivity (Wildman–Crippen MR) is 148 cm³/mol. The first-order valence-corrected chi connectivity index (χ1v) is 13.7. The maximum atomic E-state index is 13.1. The number of pyridine rings is 1. The van der Waals surface area contributed by atoms with E-state index in [-0.39, 0.29) is 5.91 Å². The molecule has 2 fully saturated rings. The summed E-state index contributed by atoms with van der Waals surface area (Å²) in [4.78, 5) is 34.2. The first kappa shape index (κ1) is 23.8. The van der Waals surface area contributed by atoms with Gasteiger partial charge < -0.3 is 9.80 Å². The number of nitrogens with zero attached hydrogens (tertiary/aromatic N) is 6. The largest absolute Gasteiger partial charge is 0.368 e. The third-order valence-electron chi connectivity index (χ3n) is 7.36. The van der Waals surface area contributed by atoms with E-state index in [2.05, 4.69) is 66.5 Å². The first-order chi connectivity index (χ1) is 18.2. The van der Waals surface area contributed by atoms with Crippen molar-refractivity contribution in [3.63, 3.8) is 0 Å². The molecule has 2 aliphatic rings. The van der Waals surface area contributed by atoms with Crippen molar-refractivity contribution in [1.82, 2.24) is 24.8 Å². The number of likely N-dealkylation sites (tertiary alicyclic amines) is 1. The van der Waals surface area contributed by atoms with E-state index in [9.17, 15) is 4.79 Å². The van der Waals surface area contributed by atoms with Crippen molar-refractivity contribution < 1.29 is 4.79 Å². The molecule has 0 saturated carbocycles. The molecule has 2 saturated heterocycles. The molecule has 1 atom stereocenters. The zero-order valence-corrected chi connectivity index (χ0v) is 21.6. The molecule has 6 rings (SSSR count). The fourth-order valence-electron chi connectivity index (χ4n) is 5.36. The van der Waals surface area contributed by atoms with Crippen molar-refractivity contribution in [2.75, 3.05) is 50.7 Å². The molecule has 0 N–H and O–H groups in total. The number of hydrogen-bond donors (Lipinski definition) is 0. The van der Waals surface area contributed by atoms with Gasteiger partial charge in [0.2, 0.25) is 5.91 Å². The lowest BCUT2D eigenvalue weighted by Crippen LogP contribution is -2.51. The molecular weight excluding hydrogens is 480 g/mol. The number of hydrogen-bond acceptors (Lipinski definition) is 7. The van der Waals surface area contributed by atoms with Crippen LogP contribution in [0.5, 0.6) is 0 Å². The molecule has 3 aromatic heterocycles. The highest BCUT2D eigenvalue weighted by Crippen LogP contribution is 2.38. The fraction of sp³-hybridized carbons (Fsp3) is 0.310. The molecule has 5 heterocycles. The van der Waals surface area contributed by atoms with Gasteiger partial charge in [-0.2, -0.15) is 0 Å². The van der Waals surface area contributed by atoms with Crippen LogP contribution in [0.15, 0.2) is 78.7 Å². The van der Waals surface area contributed by atoms with Gasteiger partial charge in [0.25, 0.3) is 0 Å². The van der Waals surface area contributed by atoms with E-state index in [4.69, 9.17) is 0 Å². The van der Waals surface area contributed by atoms with E-state index >= 15 is 0 Å². The Bertz CT molecular complexity index is 1320. The second kappa shape index (κ2) is 10.8. The summed E-state index contributed by atoms with van der Waals surface area (Å²) in [6.45, 7) is 5.63. The lowest BCUT2D eigenvalue weighted by molar-refractivity contribution is -0.132. The third-order valence-corrected chi connectivity index (χ3v) is 8.44. The van der Waals surface area contributed by atoms with Crippen molar-refractivity contribution >= 4 is 22.9 Å². The second-order valence-corrected chi connectivity index (χ2v) is 10.6. The van der Waals surface area contributed by atoms with Gasteiger partial charge >= 0.3 is 0 Å². The van der Waals surface area contributed by atoms with Crippen molar-refractivity contribution in [3.8, 4) is 22.5 Å². The van der Waals surface area contributed by atoms with Gasteiger partial charge in [-0.15, -0.1) is 11.3 Å². The van der Waals surface area contributed by atoms with Crippen LogP contribution in [0.2, 0.25) is 0 Å². The van der Waals surface area contributed by atoms with E-state index < -0.39 is 0 Å². The Balaban J connectivity index is 1.01. The summed E-state index contributed by atoms with van der Waals surface area (Å²) < 4.78 is 0. The number of rotatable bonds is 6. The van der Waals surface area contributed by atoms with Gasteiger partial charge in [-0.25, -0.2) is 9.97 Å². The minimum atomic E-state index is 0.246. The van der Waals surface area contributed by atoms with E-state index in [0.29, 0.717) is 12.5 Å². The topological polar surface area (TPSA) is 65.5 Å². The molecule has 0 aliphatic carbocycles. The fourth-order valence-corrected chi connectivity index (χ4v) is 6.41. The molecule has 0 spiro atoms. The van der Waals surface area contributed by atoms with Crippen LogP contribution in [0.25, 0.3) is 22.5 Å². The van der Waals surface area contributed by atoms with E-state index in [1.54, 1.807) is 12.4 Å². The Kier molecular flexibility index (Phi) is 6.92. The van der Waals surface area contributed by atoms with Crippen LogP contribution in [-0.4, -0.2) is 76.5 Å². The second-order valence-electron chi connectivity index (χ2n) is 9.65. The highest BCUT2D eigenvalue weighted by Gasteiger charge is 2.30. The number of thiophene rings is 1. The number of aromatic nitrogens is 3. The standard InChI is InChI=1S/C29H30N6OS/c36-27(21-33-13-8-24(20-33)28-26(9-18-37-28)23-3-1-10-30-19-23)35-16-14-34(15-17-35)25-6-4-22(5-7-25)29-31-11-2-12-32-29/h1-7,9-12,18-19,24H,8,13-17,20-21H2/t24-/m1/s1. The first-order valence-electron chi connectivity index (χ1n) is 12.8. The Morgan fingerprint density at radius 2 is 1.70 bits per heavy atom. The lowest BCUT2D eigenvalue weighted by atomic mass is 9.99. The minimum absolute atomic E-state index is 0.246. The lowest BCUT2D eigenvalue weighted by Gasteiger charge is -2.36. The molecule has 1 aromatic carbocycles. The van der Waals surface area contributed by atoms with Crippen molar-refractivity contribution in [2.45, 2.75) is 12.3 Å². The van der Waals surface area contributed by atoms with Crippen LogP contribution in [0, 0.1) is 0 Å². The van der Waals surface area contributed by atoms with Gasteiger partial charge in [0.05, 0.1) is 6.54 Å². The van der Waals surface area contributed by atoms with Crippen molar-refractivity contribution in [2.24, 2.45) is 0 Å². The zero-order valence-electron chi connectivity index (χ0n) is 20.7.